The van der Waals surface area contributed by atoms with Crippen LogP contribution in [-0.4, -0.2) is 26.3 Å². The van der Waals surface area contributed by atoms with E-state index in [1.54, 1.807) is 19.1 Å². The van der Waals surface area contributed by atoms with E-state index in [-0.39, 0.29) is 24.1 Å². The molecule has 0 amide bonds. The zero-order valence-corrected chi connectivity index (χ0v) is 16.6. The van der Waals surface area contributed by atoms with Crippen LogP contribution < -0.4 is 0 Å². The molecule has 0 radical (unpaired) electrons. The molecule has 0 N–H and O–H groups in total. The van der Waals surface area contributed by atoms with E-state index in [1.165, 1.54) is 36.0 Å². The summed E-state index contributed by atoms with van der Waals surface area (Å²) in [5.41, 5.74) is 0.993. The number of hydrogen-bond acceptors (Lipinski definition) is 9. The summed E-state index contributed by atoms with van der Waals surface area (Å²) in [7, 11) is 0. The molecule has 0 aliphatic carbocycles. The van der Waals surface area contributed by atoms with Crippen molar-refractivity contribution in [1.29, 1.82) is 0 Å². The lowest BCUT2D eigenvalue weighted by Gasteiger charge is -2.07. The Morgan fingerprint density at radius 2 is 1.80 bits per heavy atom. The van der Waals surface area contributed by atoms with Crippen molar-refractivity contribution in [3.05, 3.63) is 77.5 Å². The van der Waals surface area contributed by atoms with E-state index in [0.717, 1.165) is 4.90 Å². The number of aromatic nitrogens is 4. The third-order valence-electron chi connectivity index (χ3n) is 3.93. The van der Waals surface area contributed by atoms with Crippen LogP contribution in [-0.2, 0) is 17.1 Å². The number of hydrogen-bond donors (Lipinski definition) is 0. The lowest BCUT2D eigenvalue weighted by atomic mass is 10.2. The molecule has 2 heterocycles. The van der Waals surface area contributed by atoms with Crippen molar-refractivity contribution in [2.75, 3.05) is 0 Å². The number of thioether (sulfide) groups is 1. The molecule has 30 heavy (non-hydrogen) atoms. The quantitative estimate of drug-likeness (QED) is 0.317. The van der Waals surface area contributed by atoms with E-state index < -0.39 is 5.97 Å². The van der Waals surface area contributed by atoms with E-state index >= 15 is 0 Å². The second-order valence-corrected chi connectivity index (χ2v) is 7.13. The number of aryl methyl sites for hydroxylation is 1. The standard InChI is InChI=1S/C20H15FN4O4S/c1-12-22-18(29-24-12)11-30-16-5-3-2-4-15(16)20(26)27-10-17-23-19(25-28-17)13-6-8-14(21)9-7-13/h2-9H,10-11H2,1H3. The van der Waals surface area contributed by atoms with Crippen molar-refractivity contribution in [1.82, 2.24) is 20.3 Å². The molecular formula is C20H15FN4O4S. The molecule has 0 bridgehead atoms. The first-order chi connectivity index (χ1) is 14.6. The number of nitrogens with zero attached hydrogens (tertiary/aromatic N) is 4. The van der Waals surface area contributed by atoms with Crippen molar-refractivity contribution in [2.45, 2.75) is 24.2 Å². The molecule has 4 rings (SSSR count). The molecule has 0 aliphatic heterocycles. The molecule has 0 saturated carbocycles. The smallest absolute Gasteiger partial charge is 0.339 e. The van der Waals surface area contributed by atoms with Crippen LogP contribution in [0.1, 0.15) is 28.0 Å². The van der Waals surface area contributed by atoms with Gasteiger partial charge in [0.25, 0.3) is 5.89 Å². The summed E-state index contributed by atoms with van der Waals surface area (Å²) in [6.45, 7) is 1.55. The summed E-state index contributed by atoms with van der Waals surface area (Å²) in [6.07, 6.45) is 0. The monoisotopic (exact) mass is 426 g/mol. The Morgan fingerprint density at radius 1 is 1.03 bits per heavy atom. The van der Waals surface area contributed by atoms with E-state index in [9.17, 15) is 9.18 Å². The van der Waals surface area contributed by atoms with Gasteiger partial charge in [-0.15, -0.1) is 11.8 Å². The molecule has 0 spiro atoms. The molecule has 0 unspecified atom stereocenters. The molecule has 0 aliphatic rings. The molecule has 2 aromatic carbocycles. The van der Waals surface area contributed by atoms with Crippen LogP contribution in [0.15, 0.2) is 62.5 Å². The number of halogens is 1. The molecule has 4 aromatic rings. The number of ether oxygens (including phenoxy) is 1. The van der Waals surface area contributed by atoms with Crippen LogP contribution in [0, 0.1) is 12.7 Å². The van der Waals surface area contributed by atoms with Crippen molar-refractivity contribution < 1.29 is 23.0 Å². The number of esters is 1. The largest absolute Gasteiger partial charge is 0.452 e. The highest BCUT2D eigenvalue weighted by atomic mass is 32.2. The maximum atomic E-state index is 13.0. The molecule has 0 fully saturated rings. The SMILES string of the molecule is Cc1noc(CSc2ccccc2C(=O)OCc2nc(-c3ccc(F)cc3)no2)n1. The minimum Gasteiger partial charge on any atom is -0.452 e. The average molecular weight is 426 g/mol. The van der Waals surface area contributed by atoms with Crippen LogP contribution in [0.3, 0.4) is 0 Å². The second kappa shape index (κ2) is 8.87. The fourth-order valence-electron chi connectivity index (χ4n) is 2.53. The first-order valence-electron chi connectivity index (χ1n) is 8.85. The fraction of sp³-hybridized carbons (Fsp3) is 0.150. The van der Waals surface area contributed by atoms with Crippen LogP contribution in [0.2, 0.25) is 0 Å². The van der Waals surface area contributed by atoms with Gasteiger partial charge in [-0.1, -0.05) is 22.4 Å². The van der Waals surface area contributed by atoms with E-state index in [4.69, 9.17) is 13.8 Å². The normalized spacial score (nSPS) is 10.9. The van der Waals surface area contributed by atoms with Gasteiger partial charge in [-0.05, 0) is 43.3 Å². The second-order valence-electron chi connectivity index (χ2n) is 6.11. The topological polar surface area (TPSA) is 104 Å². The molecule has 2 aromatic heterocycles. The summed E-state index contributed by atoms with van der Waals surface area (Å²) in [5.74, 6) is 0.984. The Labute approximate surface area is 174 Å². The Bertz CT molecular complexity index is 1160. The summed E-state index contributed by atoms with van der Waals surface area (Å²) >= 11 is 1.39. The predicted octanol–water partition coefficient (Wildman–Crippen LogP) is 4.22. The summed E-state index contributed by atoms with van der Waals surface area (Å²) in [6, 6.07) is 12.7. The van der Waals surface area contributed by atoms with Crippen LogP contribution in [0.25, 0.3) is 11.4 Å². The molecule has 10 heteroatoms. The number of rotatable bonds is 7. The third-order valence-corrected chi connectivity index (χ3v) is 4.98. The number of carbonyl (C=O) groups is 1. The first-order valence-corrected chi connectivity index (χ1v) is 9.84. The Balaban J connectivity index is 1.39. The highest BCUT2D eigenvalue weighted by molar-refractivity contribution is 7.98. The van der Waals surface area contributed by atoms with E-state index in [0.29, 0.717) is 28.6 Å². The number of benzene rings is 2. The van der Waals surface area contributed by atoms with Crippen molar-refractivity contribution >= 4 is 17.7 Å². The Hall–Kier alpha value is -3.53. The van der Waals surface area contributed by atoms with Crippen molar-refractivity contribution in [3.63, 3.8) is 0 Å². The predicted molar refractivity (Wildman–Crippen MR) is 104 cm³/mol. The highest BCUT2D eigenvalue weighted by Gasteiger charge is 2.16. The van der Waals surface area contributed by atoms with Gasteiger partial charge in [-0.25, -0.2) is 9.18 Å². The lowest BCUT2D eigenvalue weighted by Crippen LogP contribution is -2.07. The molecule has 0 saturated heterocycles. The van der Waals surface area contributed by atoms with Gasteiger partial charge in [0.2, 0.25) is 11.7 Å². The fourth-order valence-corrected chi connectivity index (χ4v) is 3.41. The molecule has 0 atom stereocenters. The van der Waals surface area contributed by atoms with Gasteiger partial charge in [-0.2, -0.15) is 9.97 Å². The van der Waals surface area contributed by atoms with Gasteiger partial charge in [0.15, 0.2) is 12.4 Å². The van der Waals surface area contributed by atoms with Crippen molar-refractivity contribution in [2.24, 2.45) is 0 Å². The molecular weight excluding hydrogens is 411 g/mol. The van der Waals surface area contributed by atoms with Gasteiger partial charge in [0.05, 0.1) is 11.3 Å². The van der Waals surface area contributed by atoms with Gasteiger partial charge in [0.1, 0.15) is 5.82 Å². The minimum atomic E-state index is -0.527. The van der Waals surface area contributed by atoms with Crippen LogP contribution >= 0.6 is 11.8 Å². The minimum absolute atomic E-state index is 0.133. The summed E-state index contributed by atoms with van der Waals surface area (Å²) < 4.78 is 28.5. The molecule has 152 valence electrons. The zero-order chi connectivity index (χ0) is 20.9. The molecule has 8 nitrogen and oxygen atoms in total. The van der Waals surface area contributed by atoms with Crippen LogP contribution in [0.5, 0.6) is 0 Å². The maximum Gasteiger partial charge on any atom is 0.339 e. The summed E-state index contributed by atoms with van der Waals surface area (Å²) in [5, 5.41) is 7.57. The maximum absolute atomic E-state index is 13.0. The average Bonchev–Trinajstić information content (AvgIpc) is 3.40. The Kier molecular flexibility index (Phi) is 5.84. The van der Waals surface area contributed by atoms with E-state index in [1.807, 2.05) is 12.1 Å². The first kappa shape index (κ1) is 19.8. The third kappa shape index (κ3) is 4.71. The zero-order valence-electron chi connectivity index (χ0n) is 15.7. The van der Waals surface area contributed by atoms with Gasteiger partial charge >= 0.3 is 5.97 Å². The van der Waals surface area contributed by atoms with Crippen molar-refractivity contribution in [3.8, 4) is 11.4 Å². The Morgan fingerprint density at radius 3 is 2.57 bits per heavy atom. The van der Waals surface area contributed by atoms with Gasteiger partial charge in [-0.3, -0.25) is 0 Å². The van der Waals surface area contributed by atoms with Gasteiger partial charge < -0.3 is 13.8 Å². The summed E-state index contributed by atoms with van der Waals surface area (Å²) in [4.78, 5) is 21.6. The van der Waals surface area contributed by atoms with Crippen LogP contribution in [0.4, 0.5) is 4.39 Å². The lowest BCUT2D eigenvalue weighted by molar-refractivity contribution is 0.0425. The van der Waals surface area contributed by atoms with Gasteiger partial charge in [0, 0.05) is 10.5 Å². The van der Waals surface area contributed by atoms with E-state index in [2.05, 4.69) is 20.3 Å². The highest BCUT2D eigenvalue weighted by Crippen LogP contribution is 2.26. The number of carbonyl (C=O) groups excluding carboxylic acids is 1.